The average molecular weight is 444 g/mol. The lowest BCUT2D eigenvalue weighted by atomic mass is 10.1. The quantitative estimate of drug-likeness (QED) is 0.176. The van der Waals surface area contributed by atoms with Gasteiger partial charge in [-0.15, -0.1) is 11.8 Å². The minimum atomic E-state index is -3.58. The molecule has 3 aromatic rings. The number of thioether (sulfide) groups is 1. The number of sulfone groups is 1. The van der Waals surface area contributed by atoms with Crippen molar-refractivity contribution in [1.82, 2.24) is 0 Å². The highest BCUT2D eigenvalue weighted by Gasteiger charge is 2.20. The lowest BCUT2D eigenvalue weighted by molar-refractivity contribution is -0.388. The second-order valence-electron chi connectivity index (χ2n) is 6.31. The zero-order chi connectivity index (χ0) is 21.7. The Hall–Kier alpha value is -3.17. The number of carbonyl (C=O) groups is 1. The molecule has 0 N–H and O–H groups in total. The molecule has 0 amide bonds. The molecule has 0 spiro atoms. The van der Waals surface area contributed by atoms with Crippen molar-refractivity contribution in [2.24, 2.45) is 0 Å². The number of nitrogens with zero attached hydrogens (tertiary/aromatic N) is 1. The number of esters is 1. The second kappa shape index (κ2) is 9.10. The Morgan fingerprint density at radius 3 is 2.23 bits per heavy atom. The van der Waals surface area contributed by atoms with Crippen molar-refractivity contribution < 1.29 is 22.9 Å². The molecule has 0 aliphatic heterocycles. The Bertz CT molecular complexity index is 1180. The topological polar surface area (TPSA) is 104 Å². The number of carbonyl (C=O) groups excluding carboxylic acids is 1. The maximum Gasteiger partial charge on any atom is 0.321 e. The SMILES string of the molecule is CS(=O)(=O)c1ccc(SCC(=O)Oc2ccc(-c3ccccc3)cc2)c([N+](=O)[O-])c1. The highest BCUT2D eigenvalue weighted by molar-refractivity contribution is 8.00. The summed E-state index contributed by atoms with van der Waals surface area (Å²) < 4.78 is 28.5. The van der Waals surface area contributed by atoms with Gasteiger partial charge in [0.05, 0.1) is 20.5 Å². The van der Waals surface area contributed by atoms with Crippen LogP contribution < -0.4 is 4.74 Å². The van der Waals surface area contributed by atoms with Crippen LogP contribution in [0.15, 0.2) is 82.6 Å². The van der Waals surface area contributed by atoms with Gasteiger partial charge in [0.25, 0.3) is 5.69 Å². The van der Waals surface area contributed by atoms with Crippen molar-refractivity contribution in [2.45, 2.75) is 9.79 Å². The van der Waals surface area contributed by atoms with Crippen LogP contribution in [0.5, 0.6) is 5.75 Å². The molecule has 0 fully saturated rings. The molecule has 3 rings (SSSR count). The molecule has 30 heavy (non-hydrogen) atoms. The van der Waals surface area contributed by atoms with Gasteiger partial charge in [0.15, 0.2) is 9.84 Å². The van der Waals surface area contributed by atoms with Gasteiger partial charge >= 0.3 is 5.97 Å². The standard InChI is InChI=1S/C21H17NO6S2/c1-30(26,27)18-11-12-20(19(13-18)22(24)25)29-14-21(23)28-17-9-7-16(8-10-17)15-5-3-2-4-6-15/h2-13H,14H2,1H3. The molecule has 0 unspecified atom stereocenters. The number of nitro groups is 1. The van der Waals surface area contributed by atoms with Gasteiger partial charge in [-0.25, -0.2) is 8.42 Å². The zero-order valence-corrected chi connectivity index (χ0v) is 17.5. The number of hydrogen-bond acceptors (Lipinski definition) is 7. The lowest BCUT2D eigenvalue weighted by Gasteiger charge is -2.07. The normalized spacial score (nSPS) is 11.1. The van der Waals surface area contributed by atoms with Gasteiger partial charge in [0.1, 0.15) is 5.75 Å². The van der Waals surface area contributed by atoms with Crippen molar-refractivity contribution in [3.63, 3.8) is 0 Å². The highest BCUT2D eigenvalue weighted by Crippen LogP contribution is 2.31. The summed E-state index contributed by atoms with van der Waals surface area (Å²) in [5.74, 6) is -0.379. The van der Waals surface area contributed by atoms with Crippen molar-refractivity contribution in [3.8, 4) is 16.9 Å². The number of hydrogen-bond donors (Lipinski definition) is 0. The summed E-state index contributed by atoms with van der Waals surface area (Å²) in [7, 11) is -3.58. The molecular formula is C21H17NO6S2. The molecule has 0 aromatic heterocycles. The van der Waals surface area contributed by atoms with Crippen molar-refractivity contribution in [3.05, 3.63) is 82.9 Å². The van der Waals surface area contributed by atoms with Gasteiger partial charge in [-0.1, -0.05) is 42.5 Å². The minimum absolute atomic E-state index is 0.153. The third kappa shape index (κ3) is 5.46. The third-order valence-corrected chi connectivity index (χ3v) is 6.24. The van der Waals surface area contributed by atoms with Gasteiger partial charge in [0.2, 0.25) is 0 Å². The summed E-state index contributed by atoms with van der Waals surface area (Å²) in [6.07, 6.45) is 0.972. The molecule has 0 radical (unpaired) electrons. The molecule has 0 saturated carbocycles. The van der Waals surface area contributed by atoms with Crippen LogP contribution in [-0.4, -0.2) is 31.3 Å². The first-order valence-electron chi connectivity index (χ1n) is 8.71. The van der Waals surface area contributed by atoms with E-state index in [1.165, 1.54) is 12.1 Å². The number of rotatable bonds is 7. The van der Waals surface area contributed by atoms with Crippen LogP contribution >= 0.6 is 11.8 Å². The number of ether oxygens (including phenoxy) is 1. The van der Waals surface area contributed by atoms with Gasteiger partial charge in [0, 0.05) is 12.3 Å². The summed E-state index contributed by atoms with van der Waals surface area (Å²) in [6, 6.07) is 20.3. The summed E-state index contributed by atoms with van der Waals surface area (Å²) >= 11 is 0.911. The van der Waals surface area contributed by atoms with E-state index < -0.39 is 20.7 Å². The second-order valence-corrected chi connectivity index (χ2v) is 9.34. The number of nitro benzene ring substituents is 1. The molecule has 0 aliphatic carbocycles. The van der Waals surface area contributed by atoms with E-state index in [-0.39, 0.29) is 21.2 Å². The van der Waals surface area contributed by atoms with Crippen LogP contribution in [0.25, 0.3) is 11.1 Å². The first-order valence-corrected chi connectivity index (χ1v) is 11.6. The minimum Gasteiger partial charge on any atom is -0.426 e. The van der Waals surface area contributed by atoms with Gasteiger partial charge in [-0.2, -0.15) is 0 Å². The van der Waals surface area contributed by atoms with Crippen LogP contribution in [-0.2, 0) is 14.6 Å². The van der Waals surface area contributed by atoms with E-state index in [4.69, 9.17) is 4.74 Å². The molecule has 0 aliphatic rings. The van der Waals surface area contributed by atoms with E-state index >= 15 is 0 Å². The van der Waals surface area contributed by atoms with Gasteiger partial charge < -0.3 is 4.74 Å². The van der Waals surface area contributed by atoms with E-state index in [0.29, 0.717) is 5.75 Å². The summed E-state index contributed by atoms with van der Waals surface area (Å²) in [5.41, 5.74) is 1.64. The molecule has 0 saturated heterocycles. The maximum absolute atomic E-state index is 12.1. The summed E-state index contributed by atoms with van der Waals surface area (Å²) in [6.45, 7) is 0. The van der Waals surface area contributed by atoms with E-state index in [0.717, 1.165) is 35.2 Å². The molecule has 0 bridgehead atoms. The smallest absolute Gasteiger partial charge is 0.321 e. The molecule has 9 heteroatoms. The van der Waals surface area contributed by atoms with E-state index in [2.05, 4.69) is 0 Å². The molecule has 0 atom stereocenters. The van der Waals surface area contributed by atoms with Crippen molar-refractivity contribution >= 4 is 33.3 Å². The lowest BCUT2D eigenvalue weighted by Crippen LogP contribution is -2.11. The van der Waals surface area contributed by atoms with Crippen LogP contribution in [0.4, 0.5) is 5.69 Å². The Labute approximate surface area is 177 Å². The predicted octanol–water partition coefficient (Wildman–Crippen LogP) is 4.36. The fourth-order valence-electron chi connectivity index (χ4n) is 2.64. The first kappa shape index (κ1) is 21.5. The summed E-state index contributed by atoms with van der Waals surface area (Å²) in [5, 5.41) is 11.3. The van der Waals surface area contributed by atoms with Gasteiger partial charge in [-0.05, 0) is 35.4 Å². The van der Waals surface area contributed by atoms with Crippen molar-refractivity contribution in [1.29, 1.82) is 0 Å². The maximum atomic E-state index is 12.1. The molecule has 7 nitrogen and oxygen atoms in total. The molecule has 0 heterocycles. The largest absolute Gasteiger partial charge is 0.426 e. The van der Waals surface area contributed by atoms with Crippen LogP contribution in [0.3, 0.4) is 0 Å². The first-order chi connectivity index (χ1) is 14.2. The average Bonchev–Trinajstić information content (AvgIpc) is 2.72. The predicted molar refractivity (Wildman–Crippen MR) is 114 cm³/mol. The van der Waals surface area contributed by atoms with Gasteiger partial charge in [-0.3, -0.25) is 14.9 Å². The molecule has 154 valence electrons. The fraction of sp³-hybridized carbons (Fsp3) is 0.0952. The Morgan fingerprint density at radius 1 is 1.00 bits per heavy atom. The number of benzene rings is 3. The van der Waals surface area contributed by atoms with Crippen LogP contribution in [0, 0.1) is 10.1 Å². The van der Waals surface area contributed by atoms with Crippen LogP contribution in [0.1, 0.15) is 0 Å². The Morgan fingerprint density at radius 2 is 1.63 bits per heavy atom. The highest BCUT2D eigenvalue weighted by atomic mass is 32.2. The monoisotopic (exact) mass is 443 g/mol. The zero-order valence-electron chi connectivity index (χ0n) is 15.8. The van der Waals surface area contributed by atoms with Crippen molar-refractivity contribution in [2.75, 3.05) is 12.0 Å². The van der Waals surface area contributed by atoms with Crippen LogP contribution in [0.2, 0.25) is 0 Å². The summed E-state index contributed by atoms with van der Waals surface area (Å²) in [4.78, 5) is 22.8. The third-order valence-electron chi connectivity index (χ3n) is 4.09. The Kier molecular flexibility index (Phi) is 6.53. The van der Waals surface area contributed by atoms with E-state index in [9.17, 15) is 23.3 Å². The molecule has 3 aromatic carbocycles. The van der Waals surface area contributed by atoms with E-state index in [1.807, 2.05) is 42.5 Å². The van der Waals surface area contributed by atoms with E-state index in [1.54, 1.807) is 12.1 Å². The fourth-order valence-corrected chi connectivity index (χ4v) is 4.06. The molecular weight excluding hydrogens is 426 g/mol. The Balaban J connectivity index is 1.65.